The summed E-state index contributed by atoms with van der Waals surface area (Å²) in [4.78, 5) is 16.3. The van der Waals surface area contributed by atoms with Crippen molar-refractivity contribution in [2.45, 2.75) is 33.4 Å². The third-order valence-electron chi connectivity index (χ3n) is 3.00. The summed E-state index contributed by atoms with van der Waals surface area (Å²) >= 11 is 6.09. The summed E-state index contributed by atoms with van der Waals surface area (Å²) in [6.07, 6.45) is 3.31. The number of aryl methyl sites for hydroxylation is 1. The van der Waals surface area contributed by atoms with Crippen molar-refractivity contribution in [2.75, 3.05) is 5.32 Å². The summed E-state index contributed by atoms with van der Waals surface area (Å²) in [5.41, 5.74) is 2.24. The van der Waals surface area contributed by atoms with Crippen molar-refractivity contribution >= 4 is 17.3 Å². The number of anilines is 1. The predicted molar refractivity (Wildman–Crippen MR) is 80.2 cm³/mol. The third kappa shape index (κ3) is 2.99. The van der Waals surface area contributed by atoms with Crippen LogP contribution in [0.3, 0.4) is 0 Å². The molecule has 0 unspecified atom stereocenters. The summed E-state index contributed by atoms with van der Waals surface area (Å²) in [6.45, 7) is 6.25. The fourth-order valence-electron chi connectivity index (χ4n) is 1.82. The average Bonchev–Trinajstić information content (AvgIpc) is 2.41. The van der Waals surface area contributed by atoms with E-state index < -0.39 is 0 Å². The maximum atomic E-state index is 12.0. The number of nitrogens with zero attached hydrogens (tertiary/aromatic N) is 3. The molecule has 0 amide bonds. The molecule has 6 heteroatoms. The molecule has 0 saturated heterocycles. The van der Waals surface area contributed by atoms with Crippen molar-refractivity contribution in [1.29, 1.82) is 0 Å². The first-order valence-electron chi connectivity index (χ1n) is 6.42. The standard InChI is InChI=1S/C14H17ClN4O/c1-9(2)19-14(20)13(15)12(8-18-19)17-7-11-10(3)5-4-6-16-11/h4-6,8-9,17H,7H2,1-3H3. The molecule has 0 aliphatic carbocycles. The van der Waals surface area contributed by atoms with Crippen molar-refractivity contribution in [1.82, 2.24) is 14.8 Å². The lowest BCUT2D eigenvalue weighted by molar-refractivity contribution is 0.503. The van der Waals surface area contributed by atoms with Crippen LogP contribution in [0.4, 0.5) is 5.69 Å². The number of halogens is 1. The summed E-state index contributed by atoms with van der Waals surface area (Å²) < 4.78 is 1.36. The quantitative estimate of drug-likeness (QED) is 0.941. The van der Waals surface area contributed by atoms with Gasteiger partial charge in [-0.05, 0) is 32.4 Å². The van der Waals surface area contributed by atoms with Gasteiger partial charge in [0.1, 0.15) is 5.02 Å². The summed E-state index contributed by atoms with van der Waals surface area (Å²) in [5, 5.41) is 7.37. The van der Waals surface area contributed by atoms with E-state index in [9.17, 15) is 4.79 Å². The summed E-state index contributed by atoms with van der Waals surface area (Å²) in [5.74, 6) is 0. The van der Waals surface area contributed by atoms with Crippen molar-refractivity contribution in [3.8, 4) is 0 Å². The molecule has 5 nitrogen and oxygen atoms in total. The van der Waals surface area contributed by atoms with Crippen LogP contribution in [0, 0.1) is 6.92 Å². The molecule has 2 aromatic heterocycles. The summed E-state index contributed by atoms with van der Waals surface area (Å²) in [6, 6.07) is 3.85. The Morgan fingerprint density at radius 3 is 2.85 bits per heavy atom. The average molecular weight is 293 g/mol. The lowest BCUT2D eigenvalue weighted by atomic mass is 10.2. The third-order valence-corrected chi connectivity index (χ3v) is 3.36. The minimum absolute atomic E-state index is 0.0212. The molecule has 0 aromatic carbocycles. The van der Waals surface area contributed by atoms with Gasteiger partial charge < -0.3 is 5.32 Å². The molecule has 0 aliphatic rings. The van der Waals surface area contributed by atoms with E-state index >= 15 is 0 Å². The monoisotopic (exact) mass is 292 g/mol. The SMILES string of the molecule is Cc1cccnc1CNc1cnn(C(C)C)c(=O)c1Cl. The number of pyridine rings is 1. The van der Waals surface area contributed by atoms with Gasteiger partial charge in [0, 0.05) is 6.20 Å². The van der Waals surface area contributed by atoms with Gasteiger partial charge >= 0.3 is 0 Å². The normalized spacial score (nSPS) is 10.8. The predicted octanol–water partition coefficient (Wildman–Crippen LogP) is 2.79. The molecule has 0 saturated carbocycles. The van der Waals surface area contributed by atoms with E-state index in [0.717, 1.165) is 11.3 Å². The molecule has 20 heavy (non-hydrogen) atoms. The molecule has 0 atom stereocenters. The van der Waals surface area contributed by atoms with Crippen molar-refractivity contribution in [3.63, 3.8) is 0 Å². The zero-order chi connectivity index (χ0) is 14.7. The first kappa shape index (κ1) is 14.5. The Morgan fingerprint density at radius 1 is 1.45 bits per heavy atom. The second kappa shape index (κ2) is 6.05. The van der Waals surface area contributed by atoms with Crippen molar-refractivity contribution < 1.29 is 0 Å². The van der Waals surface area contributed by atoms with Gasteiger partial charge in [-0.2, -0.15) is 5.10 Å². The molecule has 0 spiro atoms. The lowest BCUT2D eigenvalue weighted by Crippen LogP contribution is -2.25. The van der Waals surface area contributed by atoms with Crippen LogP contribution in [0.1, 0.15) is 31.1 Å². The van der Waals surface area contributed by atoms with E-state index in [1.54, 1.807) is 12.4 Å². The number of hydrogen-bond donors (Lipinski definition) is 1. The molecule has 0 bridgehead atoms. The number of hydrogen-bond acceptors (Lipinski definition) is 4. The van der Waals surface area contributed by atoms with Crippen LogP contribution < -0.4 is 10.9 Å². The molecular weight excluding hydrogens is 276 g/mol. The first-order chi connectivity index (χ1) is 9.50. The highest BCUT2D eigenvalue weighted by Crippen LogP contribution is 2.17. The topological polar surface area (TPSA) is 59.8 Å². The maximum Gasteiger partial charge on any atom is 0.287 e. The van der Waals surface area contributed by atoms with Crippen LogP contribution in [0.5, 0.6) is 0 Å². The van der Waals surface area contributed by atoms with E-state index in [1.807, 2.05) is 32.9 Å². The number of rotatable bonds is 4. The fraction of sp³-hybridized carbons (Fsp3) is 0.357. The minimum Gasteiger partial charge on any atom is -0.377 e. The zero-order valence-corrected chi connectivity index (χ0v) is 12.5. The number of aromatic nitrogens is 3. The van der Waals surface area contributed by atoms with Crippen LogP contribution in [-0.4, -0.2) is 14.8 Å². The molecule has 1 N–H and O–H groups in total. The number of nitrogens with one attached hydrogen (secondary N) is 1. The van der Waals surface area contributed by atoms with Gasteiger partial charge in [0.25, 0.3) is 5.56 Å². The Labute approximate surface area is 122 Å². The van der Waals surface area contributed by atoms with Crippen LogP contribution in [0.2, 0.25) is 5.02 Å². The Kier molecular flexibility index (Phi) is 4.39. The van der Waals surface area contributed by atoms with Gasteiger partial charge in [-0.25, -0.2) is 4.68 Å². The molecule has 0 aliphatic heterocycles. The van der Waals surface area contributed by atoms with Crippen LogP contribution >= 0.6 is 11.6 Å². The van der Waals surface area contributed by atoms with Gasteiger partial charge in [-0.15, -0.1) is 0 Å². The van der Waals surface area contributed by atoms with E-state index in [2.05, 4.69) is 15.4 Å². The van der Waals surface area contributed by atoms with Gasteiger partial charge in [-0.3, -0.25) is 9.78 Å². The van der Waals surface area contributed by atoms with Crippen molar-refractivity contribution in [3.05, 3.63) is 51.2 Å². The molecule has 2 aromatic rings. The van der Waals surface area contributed by atoms with E-state index in [-0.39, 0.29) is 16.6 Å². The van der Waals surface area contributed by atoms with Crippen LogP contribution in [-0.2, 0) is 6.54 Å². The minimum atomic E-state index is -0.288. The molecular formula is C14H17ClN4O. The Morgan fingerprint density at radius 2 is 2.20 bits per heavy atom. The first-order valence-corrected chi connectivity index (χ1v) is 6.80. The molecule has 0 fully saturated rings. The van der Waals surface area contributed by atoms with E-state index in [1.165, 1.54) is 4.68 Å². The van der Waals surface area contributed by atoms with E-state index in [0.29, 0.717) is 12.2 Å². The van der Waals surface area contributed by atoms with E-state index in [4.69, 9.17) is 11.6 Å². The Bertz CT molecular complexity index is 666. The highest BCUT2D eigenvalue weighted by Gasteiger charge is 2.11. The fourth-order valence-corrected chi connectivity index (χ4v) is 2.02. The Hall–Kier alpha value is -1.88. The van der Waals surface area contributed by atoms with Gasteiger partial charge in [0.15, 0.2) is 0 Å². The van der Waals surface area contributed by atoms with Gasteiger partial charge in [0.2, 0.25) is 0 Å². The highest BCUT2D eigenvalue weighted by molar-refractivity contribution is 6.32. The molecule has 2 heterocycles. The van der Waals surface area contributed by atoms with Gasteiger partial charge in [-0.1, -0.05) is 17.7 Å². The van der Waals surface area contributed by atoms with Crippen LogP contribution in [0.15, 0.2) is 29.3 Å². The lowest BCUT2D eigenvalue weighted by Gasteiger charge is -2.12. The molecule has 2 rings (SSSR count). The largest absolute Gasteiger partial charge is 0.377 e. The Balaban J connectivity index is 2.21. The highest BCUT2D eigenvalue weighted by atomic mass is 35.5. The maximum absolute atomic E-state index is 12.0. The smallest absolute Gasteiger partial charge is 0.287 e. The molecule has 106 valence electrons. The second-order valence-electron chi connectivity index (χ2n) is 4.84. The van der Waals surface area contributed by atoms with Gasteiger partial charge in [0.05, 0.1) is 30.2 Å². The molecule has 0 radical (unpaired) electrons. The summed E-state index contributed by atoms with van der Waals surface area (Å²) in [7, 11) is 0. The second-order valence-corrected chi connectivity index (χ2v) is 5.21. The zero-order valence-electron chi connectivity index (χ0n) is 11.7. The van der Waals surface area contributed by atoms with Crippen LogP contribution in [0.25, 0.3) is 0 Å². The van der Waals surface area contributed by atoms with Crippen molar-refractivity contribution in [2.24, 2.45) is 0 Å².